The highest BCUT2D eigenvalue weighted by atomic mass is 16.6. The zero-order chi connectivity index (χ0) is 17.0. The van der Waals surface area contributed by atoms with Crippen LogP contribution in [0.3, 0.4) is 0 Å². The third-order valence-corrected chi connectivity index (χ3v) is 4.71. The summed E-state index contributed by atoms with van der Waals surface area (Å²) in [6.07, 6.45) is 4.46. The van der Waals surface area contributed by atoms with Gasteiger partial charge in [0.15, 0.2) is 5.60 Å². The lowest BCUT2D eigenvalue weighted by Crippen LogP contribution is -2.54. The van der Waals surface area contributed by atoms with Crippen molar-refractivity contribution >= 4 is 11.8 Å². The molecule has 0 spiro atoms. The van der Waals surface area contributed by atoms with Crippen LogP contribution in [-0.4, -0.2) is 60.8 Å². The maximum absolute atomic E-state index is 12.1. The average molecular weight is 333 g/mol. The second-order valence-electron chi connectivity index (χ2n) is 6.73. The van der Waals surface area contributed by atoms with Crippen LogP contribution in [0, 0.1) is 0 Å². The van der Waals surface area contributed by atoms with Crippen LogP contribution in [0.15, 0.2) is 18.3 Å². The number of carbonyl (C=O) groups excluding carboxylic acids is 1. The van der Waals surface area contributed by atoms with Gasteiger partial charge in [0.1, 0.15) is 5.82 Å². The first-order valence-corrected chi connectivity index (χ1v) is 8.84. The third kappa shape index (κ3) is 3.87. The zero-order valence-electron chi connectivity index (χ0n) is 14.7. The molecule has 24 heavy (non-hydrogen) atoms. The van der Waals surface area contributed by atoms with Gasteiger partial charge < -0.3 is 14.4 Å². The van der Waals surface area contributed by atoms with Crippen molar-refractivity contribution in [3.8, 4) is 0 Å². The highest BCUT2D eigenvalue weighted by Gasteiger charge is 2.40. The molecule has 0 aliphatic carbocycles. The third-order valence-electron chi connectivity index (χ3n) is 4.71. The summed E-state index contributed by atoms with van der Waals surface area (Å²) in [5, 5.41) is 0. The van der Waals surface area contributed by atoms with E-state index in [0.29, 0.717) is 19.8 Å². The fourth-order valence-corrected chi connectivity index (χ4v) is 3.40. The quantitative estimate of drug-likeness (QED) is 0.767. The Labute approximate surface area is 143 Å². The second-order valence-corrected chi connectivity index (χ2v) is 6.73. The smallest absolute Gasteiger partial charge is 0.339 e. The van der Waals surface area contributed by atoms with E-state index in [2.05, 4.69) is 26.9 Å². The molecule has 6 heteroatoms. The van der Waals surface area contributed by atoms with Gasteiger partial charge in [-0.15, -0.1) is 0 Å². The molecule has 2 fully saturated rings. The van der Waals surface area contributed by atoms with E-state index in [1.54, 1.807) is 0 Å². The van der Waals surface area contributed by atoms with E-state index in [-0.39, 0.29) is 5.97 Å². The van der Waals surface area contributed by atoms with Crippen LogP contribution in [0.5, 0.6) is 0 Å². The monoisotopic (exact) mass is 333 g/mol. The lowest BCUT2D eigenvalue weighted by Gasteiger charge is -2.38. The number of rotatable bonds is 5. The molecule has 0 radical (unpaired) electrons. The highest BCUT2D eigenvalue weighted by Crippen LogP contribution is 2.22. The van der Waals surface area contributed by atoms with Gasteiger partial charge in [-0.05, 0) is 38.3 Å². The van der Waals surface area contributed by atoms with Crippen LogP contribution >= 0.6 is 0 Å². The molecule has 1 atom stereocenters. The molecule has 0 bridgehead atoms. The molecule has 0 aromatic carbocycles. The Balaban J connectivity index is 1.59. The molecule has 2 saturated heterocycles. The number of ether oxygens (including phenoxy) is 2. The average Bonchev–Trinajstić information content (AvgIpc) is 3.10. The molecular weight excluding hydrogens is 306 g/mol. The van der Waals surface area contributed by atoms with E-state index in [9.17, 15) is 4.79 Å². The molecule has 6 nitrogen and oxygen atoms in total. The lowest BCUT2D eigenvalue weighted by atomic mass is 10.0. The minimum absolute atomic E-state index is 0.280. The highest BCUT2D eigenvalue weighted by molar-refractivity contribution is 5.79. The summed E-state index contributed by atoms with van der Waals surface area (Å²) in [5.41, 5.74) is 0.281. The second kappa shape index (κ2) is 7.49. The summed E-state index contributed by atoms with van der Waals surface area (Å²) in [7, 11) is 0. The van der Waals surface area contributed by atoms with Gasteiger partial charge in [0.05, 0.1) is 13.2 Å². The summed E-state index contributed by atoms with van der Waals surface area (Å²) in [6, 6.07) is 4.24. The van der Waals surface area contributed by atoms with Crippen molar-refractivity contribution in [2.75, 3.05) is 44.3 Å². The summed E-state index contributed by atoms with van der Waals surface area (Å²) in [5.74, 6) is 0.784. The molecule has 2 aliphatic heterocycles. The first-order valence-electron chi connectivity index (χ1n) is 8.84. The summed E-state index contributed by atoms with van der Waals surface area (Å²) in [6.45, 7) is 8.87. The van der Waals surface area contributed by atoms with Crippen molar-refractivity contribution in [3.63, 3.8) is 0 Å². The first-order chi connectivity index (χ1) is 11.6. The molecule has 3 rings (SSSR count). The molecule has 1 aromatic rings. The molecule has 0 amide bonds. The van der Waals surface area contributed by atoms with E-state index in [1.165, 1.54) is 12.8 Å². The minimum Gasteiger partial charge on any atom is -0.464 e. The van der Waals surface area contributed by atoms with Crippen LogP contribution in [-0.2, 0) is 20.8 Å². The van der Waals surface area contributed by atoms with Gasteiger partial charge in [-0.2, -0.15) is 0 Å². The van der Waals surface area contributed by atoms with E-state index in [0.717, 1.165) is 37.6 Å². The zero-order valence-corrected chi connectivity index (χ0v) is 14.7. The summed E-state index contributed by atoms with van der Waals surface area (Å²) < 4.78 is 10.8. The minimum atomic E-state index is -0.878. The van der Waals surface area contributed by atoms with E-state index in [1.807, 2.05) is 20.0 Å². The number of hydrogen-bond donors (Lipinski definition) is 0. The Bertz CT molecular complexity index is 557. The van der Waals surface area contributed by atoms with Crippen LogP contribution in [0.1, 0.15) is 32.3 Å². The predicted octanol–water partition coefficient (Wildman–Crippen LogP) is 1.84. The number of morpholine rings is 1. The Morgan fingerprint density at radius 2 is 2.12 bits per heavy atom. The van der Waals surface area contributed by atoms with Gasteiger partial charge in [-0.1, -0.05) is 6.07 Å². The molecular formula is C18H27N3O3. The van der Waals surface area contributed by atoms with Crippen molar-refractivity contribution in [2.24, 2.45) is 0 Å². The van der Waals surface area contributed by atoms with Gasteiger partial charge in [0.2, 0.25) is 0 Å². The van der Waals surface area contributed by atoms with E-state index < -0.39 is 5.60 Å². The first kappa shape index (κ1) is 17.2. The van der Waals surface area contributed by atoms with Crippen molar-refractivity contribution in [3.05, 3.63) is 23.9 Å². The largest absolute Gasteiger partial charge is 0.464 e. The van der Waals surface area contributed by atoms with E-state index in [4.69, 9.17) is 9.47 Å². The van der Waals surface area contributed by atoms with Crippen molar-refractivity contribution < 1.29 is 14.3 Å². The Morgan fingerprint density at radius 3 is 2.79 bits per heavy atom. The Hall–Kier alpha value is -1.66. The van der Waals surface area contributed by atoms with Crippen molar-refractivity contribution in [1.82, 2.24) is 9.88 Å². The fourth-order valence-electron chi connectivity index (χ4n) is 3.40. The van der Waals surface area contributed by atoms with Crippen LogP contribution in [0.4, 0.5) is 5.82 Å². The topological polar surface area (TPSA) is 54.9 Å². The van der Waals surface area contributed by atoms with Crippen molar-refractivity contribution in [1.29, 1.82) is 0 Å². The number of nitrogens with zero attached hydrogens (tertiary/aromatic N) is 3. The fraction of sp³-hybridized carbons (Fsp3) is 0.667. The SMILES string of the molecule is CCOC(=O)C1(C)CN(Cc2ccc(N3CCCC3)nc2)CCO1. The van der Waals surface area contributed by atoms with Gasteiger partial charge in [-0.25, -0.2) is 9.78 Å². The van der Waals surface area contributed by atoms with Gasteiger partial charge >= 0.3 is 5.97 Å². The number of pyridine rings is 1. The van der Waals surface area contributed by atoms with Crippen LogP contribution < -0.4 is 4.90 Å². The molecule has 3 heterocycles. The summed E-state index contributed by atoms with van der Waals surface area (Å²) in [4.78, 5) is 21.3. The Morgan fingerprint density at radius 1 is 1.33 bits per heavy atom. The van der Waals surface area contributed by atoms with Gasteiger partial charge in [-0.3, -0.25) is 4.90 Å². The molecule has 1 unspecified atom stereocenters. The van der Waals surface area contributed by atoms with E-state index >= 15 is 0 Å². The van der Waals surface area contributed by atoms with Gasteiger partial charge in [0, 0.05) is 38.9 Å². The predicted molar refractivity (Wildman–Crippen MR) is 92.0 cm³/mol. The molecule has 0 saturated carbocycles. The summed E-state index contributed by atoms with van der Waals surface area (Å²) >= 11 is 0. The normalized spacial score (nSPS) is 25.0. The number of hydrogen-bond acceptors (Lipinski definition) is 6. The number of anilines is 1. The number of carbonyl (C=O) groups is 1. The van der Waals surface area contributed by atoms with Crippen molar-refractivity contribution in [2.45, 2.75) is 38.8 Å². The Kier molecular flexibility index (Phi) is 5.36. The molecule has 0 N–H and O–H groups in total. The lowest BCUT2D eigenvalue weighted by molar-refractivity contribution is -0.180. The van der Waals surface area contributed by atoms with Crippen LogP contribution in [0.25, 0.3) is 0 Å². The number of aromatic nitrogens is 1. The van der Waals surface area contributed by atoms with Gasteiger partial charge in [0.25, 0.3) is 0 Å². The molecule has 2 aliphatic rings. The number of esters is 1. The maximum atomic E-state index is 12.1. The standard InChI is InChI=1S/C18H27N3O3/c1-3-23-17(22)18(2)14-20(10-11-24-18)13-15-6-7-16(19-12-15)21-8-4-5-9-21/h6-7,12H,3-5,8-11,13-14H2,1-2H3. The molecule has 1 aromatic heterocycles. The van der Waals surface area contributed by atoms with Crippen LogP contribution in [0.2, 0.25) is 0 Å². The molecule has 132 valence electrons. The maximum Gasteiger partial charge on any atom is 0.339 e.